The van der Waals surface area contributed by atoms with Crippen molar-refractivity contribution in [3.63, 3.8) is 0 Å². The summed E-state index contributed by atoms with van der Waals surface area (Å²) in [5.74, 6) is 0. The first-order valence-electron chi connectivity index (χ1n) is 4.84. The summed E-state index contributed by atoms with van der Waals surface area (Å²) < 4.78 is 0. The maximum Gasteiger partial charge on any atom is 0.0141 e. The first-order valence-corrected chi connectivity index (χ1v) is 4.84. The predicted octanol–water partition coefficient (Wildman–Crippen LogP) is 3.25. The Morgan fingerprint density at radius 3 is 2.83 bits per heavy atom. The number of rotatable bonds is 7. The van der Waals surface area contributed by atoms with Gasteiger partial charge in [-0.2, -0.15) is 0 Å². The first kappa shape index (κ1) is 11.3. The Hall–Kier alpha value is -0.720. The Balaban J connectivity index is 3.19. The maximum atomic E-state index is 3.95. The van der Waals surface area contributed by atoms with Gasteiger partial charge in [0, 0.05) is 12.2 Å². The Bertz CT molecular complexity index is 136. The largest absolute Gasteiger partial charge is 0.389 e. The van der Waals surface area contributed by atoms with Crippen LogP contribution in [0.25, 0.3) is 0 Å². The van der Waals surface area contributed by atoms with E-state index in [4.69, 9.17) is 0 Å². The van der Waals surface area contributed by atoms with Gasteiger partial charge in [0.1, 0.15) is 0 Å². The topological polar surface area (TPSA) is 12.0 Å². The van der Waals surface area contributed by atoms with Gasteiger partial charge in [-0.15, -0.1) is 0 Å². The predicted molar refractivity (Wildman–Crippen MR) is 56.1 cm³/mol. The molecular weight excluding hydrogens is 146 g/mol. The Labute approximate surface area is 76.6 Å². The second kappa shape index (κ2) is 8.38. The quantitative estimate of drug-likeness (QED) is 0.453. The summed E-state index contributed by atoms with van der Waals surface area (Å²) in [4.78, 5) is 0. The van der Waals surface area contributed by atoms with E-state index in [2.05, 4.69) is 37.9 Å². The zero-order valence-corrected chi connectivity index (χ0v) is 8.40. The van der Waals surface area contributed by atoms with E-state index in [1.165, 1.54) is 25.0 Å². The minimum atomic E-state index is 1.06. The van der Waals surface area contributed by atoms with Gasteiger partial charge in [-0.3, -0.25) is 0 Å². The first-order chi connectivity index (χ1) is 5.81. The van der Waals surface area contributed by atoms with Crippen molar-refractivity contribution >= 4 is 0 Å². The van der Waals surface area contributed by atoms with Crippen LogP contribution in [-0.2, 0) is 0 Å². The van der Waals surface area contributed by atoms with Crippen molar-refractivity contribution in [2.45, 2.75) is 39.5 Å². The lowest BCUT2D eigenvalue weighted by Gasteiger charge is -2.06. The van der Waals surface area contributed by atoms with Crippen LogP contribution in [0, 0.1) is 0 Å². The Kier molecular flexibility index (Phi) is 7.87. The minimum Gasteiger partial charge on any atom is -0.389 e. The van der Waals surface area contributed by atoms with Crippen LogP contribution in [0.15, 0.2) is 24.4 Å². The molecule has 0 amide bonds. The summed E-state index contributed by atoms with van der Waals surface area (Å²) in [6.07, 6.45) is 8.96. The lowest BCUT2D eigenvalue weighted by atomic mass is 10.2. The van der Waals surface area contributed by atoms with Crippen LogP contribution in [0.4, 0.5) is 0 Å². The fourth-order valence-electron chi connectivity index (χ4n) is 0.990. The molecule has 0 spiro atoms. The molecule has 0 saturated carbocycles. The van der Waals surface area contributed by atoms with Crippen molar-refractivity contribution < 1.29 is 0 Å². The molecule has 70 valence electrons. The molecule has 0 rings (SSSR count). The lowest BCUT2D eigenvalue weighted by molar-refractivity contribution is 0.704. The lowest BCUT2D eigenvalue weighted by Crippen LogP contribution is -2.12. The van der Waals surface area contributed by atoms with E-state index >= 15 is 0 Å². The number of nitrogens with one attached hydrogen (secondary N) is 1. The van der Waals surface area contributed by atoms with E-state index in [1.807, 2.05) is 0 Å². The van der Waals surface area contributed by atoms with Gasteiger partial charge < -0.3 is 5.32 Å². The smallest absolute Gasteiger partial charge is 0.0141 e. The summed E-state index contributed by atoms with van der Waals surface area (Å²) in [6, 6.07) is 0. The highest BCUT2D eigenvalue weighted by Crippen LogP contribution is 2.02. The molecule has 1 nitrogen and oxygen atoms in total. The van der Waals surface area contributed by atoms with Gasteiger partial charge in [-0.1, -0.05) is 25.7 Å². The van der Waals surface area contributed by atoms with Gasteiger partial charge in [0.2, 0.25) is 0 Å². The molecule has 0 bridgehead atoms. The average molecular weight is 167 g/mol. The number of hydrogen-bond donors (Lipinski definition) is 1. The van der Waals surface area contributed by atoms with E-state index in [1.54, 1.807) is 0 Å². The van der Waals surface area contributed by atoms with Gasteiger partial charge in [-0.25, -0.2) is 0 Å². The third-order valence-corrected chi connectivity index (χ3v) is 1.71. The monoisotopic (exact) mass is 167 g/mol. The molecule has 1 N–H and O–H groups in total. The van der Waals surface area contributed by atoms with Crippen molar-refractivity contribution in [1.82, 2.24) is 5.32 Å². The fraction of sp³-hybridized carbons (Fsp3) is 0.636. The van der Waals surface area contributed by atoms with Crippen LogP contribution in [0.5, 0.6) is 0 Å². The number of hydrogen-bond acceptors (Lipinski definition) is 1. The average Bonchev–Trinajstić information content (AvgIpc) is 2.09. The molecule has 0 aliphatic heterocycles. The van der Waals surface area contributed by atoms with E-state index < -0.39 is 0 Å². The van der Waals surface area contributed by atoms with Crippen molar-refractivity contribution in [2.75, 3.05) is 6.54 Å². The molecular formula is C11H21N. The molecule has 0 fully saturated rings. The molecule has 0 aromatic heterocycles. The summed E-state index contributed by atoms with van der Waals surface area (Å²) >= 11 is 0. The Morgan fingerprint density at radius 2 is 2.25 bits per heavy atom. The molecule has 0 heterocycles. The van der Waals surface area contributed by atoms with Gasteiger partial charge in [-0.05, 0) is 32.6 Å². The summed E-state index contributed by atoms with van der Waals surface area (Å²) in [5.41, 5.74) is 1.18. The molecule has 0 aromatic carbocycles. The zero-order chi connectivity index (χ0) is 9.23. The molecule has 0 radical (unpaired) electrons. The molecule has 12 heavy (non-hydrogen) atoms. The van der Waals surface area contributed by atoms with Crippen LogP contribution in [0.1, 0.15) is 39.5 Å². The van der Waals surface area contributed by atoms with E-state index in [9.17, 15) is 0 Å². The second-order valence-electron chi connectivity index (χ2n) is 2.99. The highest BCUT2D eigenvalue weighted by Gasteiger charge is 1.90. The van der Waals surface area contributed by atoms with Gasteiger partial charge in [0.15, 0.2) is 0 Å². The number of allylic oxidation sites excluding steroid dienone is 3. The molecule has 0 saturated heterocycles. The van der Waals surface area contributed by atoms with E-state index in [0.717, 1.165) is 13.0 Å². The second-order valence-corrected chi connectivity index (χ2v) is 2.99. The fourth-order valence-corrected chi connectivity index (χ4v) is 0.990. The molecule has 0 aliphatic carbocycles. The third kappa shape index (κ3) is 7.39. The van der Waals surface area contributed by atoms with Gasteiger partial charge >= 0.3 is 0 Å². The molecule has 0 unspecified atom stereocenters. The van der Waals surface area contributed by atoms with Crippen molar-refractivity contribution in [2.24, 2.45) is 0 Å². The van der Waals surface area contributed by atoms with Crippen molar-refractivity contribution in [3.05, 3.63) is 24.4 Å². The molecule has 1 heteroatoms. The van der Waals surface area contributed by atoms with Crippen LogP contribution < -0.4 is 5.32 Å². The highest BCUT2D eigenvalue weighted by atomic mass is 14.9. The van der Waals surface area contributed by atoms with Crippen LogP contribution in [0.3, 0.4) is 0 Å². The zero-order valence-electron chi connectivity index (χ0n) is 8.40. The Morgan fingerprint density at radius 1 is 1.50 bits per heavy atom. The molecule has 0 aliphatic rings. The van der Waals surface area contributed by atoms with E-state index in [-0.39, 0.29) is 0 Å². The minimum absolute atomic E-state index is 1.06. The number of unbranched alkanes of at least 4 members (excludes halogenated alkanes) is 1. The van der Waals surface area contributed by atoms with E-state index in [0.29, 0.717) is 0 Å². The normalized spacial score (nSPS) is 10.5. The van der Waals surface area contributed by atoms with Crippen LogP contribution >= 0.6 is 0 Å². The van der Waals surface area contributed by atoms with Gasteiger partial charge in [0.25, 0.3) is 0 Å². The molecule has 0 atom stereocenters. The van der Waals surface area contributed by atoms with Crippen molar-refractivity contribution in [1.29, 1.82) is 0 Å². The van der Waals surface area contributed by atoms with Crippen LogP contribution in [0.2, 0.25) is 0 Å². The summed E-state index contributed by atoms with van der Waals surface area (Å²) in [5, 5.41) is 3.29. The maximum absolute atomic E-state index is 3.95. The van der Waals surface area contributed by atoms with Crippen molar-refractivity contribution in [3.8, 4) is 0 Å². The molecule has 0 aromatic rings. The van der Waals surface area contributed by atoms with Crippen LogP contribution in [-0.4, -0.2) is 6.54 Å². The van der Waals surface area contributed by atoms with Gasteiger partial charge in [0.05, 0.1) is 0 Å². The third-order valence-electron chi connectivity index (χ3n) is 1.71. The summed E-state index contributed by atoms with van der Waals surface area (Å²) in [7, 11) is 0. The SMILES string of the molecule is C=C(CCC/C=C\C)NCCC. The standard InChI is InChI=1S/C11H21N/c1-4-6-7-8-9-11(3)12-10-5-2/h4,6,12H,3,5,7-10H2,1-2H3/b6-4-. The highest BCUT2D eigenvalue weighted by molar-refractivity contribution is 4.91. The summed E-state index contributed by atoms with van der Waals surface area (Å²) in [6.45, 7) is 9.24.